The Bertz CT molecular complexity index is 1230. The van der Waals surface area contributed by atoms with Crippen LogP contribution in [0.1, 0.15) is 61.9 Å². The molecule has 1 fully saturated rings. The number of imide groups is 1. The first-order valence-electron chi connectivity index (χ1n) is 11.6. The minimum absolute atomic E-state index is 0.0861. The average molecular weight is 445 g/mol. The standard InChI is InChI=1S/C26H28N4O3/c1-15(2)16-10-12-17(13-11-16)30-25(32)22(29-26(30)33)14-23(31)27-21-9-5-7-19-18-6-3-4-8-20(18)28-24(19)21/h3-4,6,8,10-13,15,21-22,28H,5,7,9,14H2,1-2H3,(H,27,31)(H,29,33). The maximum Gasteiger partial charge on any atom is 0.329 e. The Labute approximate surface area is 192 Å². The maximum absolute atomic E-state index is 12.9. The highest BCUT2D eigenvalue weighted by Gasteiger charge is 2.40. The van der Waals surface area contributed by atoms with Crippen LogP contribution in [-0.4, -0.2) is 28.9 Å². The average Bonchev–Trinajstić information content (AvgIpc) is 3.31. The van der Waals surface area contributed by atoms with E-state index in [0.29, 0.717) is 11.6 Å². The first-order valence-corrected chi connectivity index (χ1v) is 11.6. The monoisotopic (exact) mass is 444 g/mol. The SMILES string of the molecule is CC(C)c1ccc(N2C(=O)NC(CC(=O)NC3CCCc4c3[nH]c3ccccc43)C2=O)cc1. The fourth-order valence-corrected chi connectivity index (χ4v) is 4.92. The Hall–Kier alpha value is -3.61. The van der Waals surface area contributed by atoms with Crippen molar-refractivity contribution in [3.63, 3.8) is 0 Å². The van der Waals surface area contributed by atoms with Crippen LogP contribution >= 0.6 is 0 Å². The fourth-order valence-electron chi connectivity index (χ4n) is 4.92. The van der Waals surface area contributed by atoms with Gasteiger partial charge in [-0.2, -0.15) is 0 Å². The molecule has 0 radical (unpaired) electrons. The second-order valence-electron chi connectivity index (χ2n) is 9.20. The lowest BCUT2D eigenvalue weighted by molar-refractivity contribution is -0.126. The number of para-hydroxylation sites is 1. The molecule has 1 saturated heterocycles. The van der Waals surface area contributed by atoms with E-state index >= 15 is 0 Å². The zero-order valence-electron chi connectivity index (χ0n) is 18.9. The van der Waals surface area contributed by atoms with Gasteiger partial charge in [-0.25, -0.2) is 9.69 Å². The number of aromatic nitrogens is 1. The highest BCUT2D eigenvalue weighted by Crippen LogP contribution is 2.34. The number of urea groups is 1. The number of nitrogens with one attached hydrogen (secondary N) is 3. The molecule has 2 aliphatic rings. The van der Waals surface area contributed by atoms with Gasteiger partial charge in [0.05, 0.1) is 18.2 Å². The Morgan fingerprint density at radius 2 is 1.88 bits per heavy atom. The summed E-state index contributed by atoms with van der Waals surface area (Å²) in [5.74, 6) is -0.291. The molecule has 2 atom stereocenters. The molecule has 1 aliphatic heterocycles. The van der Waals surface area contributed by atoms with Crippen molar-refractivity contribution in [2.24, 2.45) is 0 Å². The van der Waals surface area contributed by atoms with Crippen molar-refractivity contribution in [3.8, 4) is 0 Å². The van der Waals surface area contributed by atoms with Gasteiger partial charge in [0.2, 0.25) is 5.91 Å². The molecule has 2 aromatic carbocycles. The minimum Gasteiger partial charge on any atom is -0.356 e. The van der Waals surface area contributed by atoms with Crippen LogP contribution in [0.5, 0.6) is 0 Å². The molecule has 170 valence electrons. The number of aromatic amines is 1. The van der Waals surface area contributed by atoms with Crippen molar-refractivity contribution in [2.75, 3.05) is 4.90 Å². The van der Waals surface area contributed by atoms with E-state index in [9.17, 15) is 14.4 Å². The summed E-state index contributed by atoms with van der Waals surface area (Å²) in [5, 5.41) is 6.95. The molecule has 0 spiro atoms. The first kappa shape index (κ1) is 21.2. The molecule has 7 nitrogen and oxygen atoms in total. The maximum atomic E-state index is 12.9. The lowest BCUT2D eigenvalue weighted by atomic mass is 9.91. The zero-order valence-corrected chi connectivity index (χ0v) is 18.9. The predicted molar refractivity (Wildman–Crippen MR) is 127 cm³/mol. The van der Waals surface area contributed by atoms with Crippen molar-refractivity contribution in [1.29, 1.82) is 0 Å². The first-order chi connectivity index (χ1) is 15.9. The van der Waals surface area contributed by atoms with Crippen LogP contribution in [-0.2, 0) is 16.0 Å². The summed E-state index contributed by atoms with van der Waals surface area (Å²) in [5.41, 5.74) is 5.01. The van der Waals surface area contributed by atoms with E-state index in [2.05, 4.69) is 35.5 Å². The normalized spacial score (nSPS) is 20.3. The largest absolute Gasteiger partial charge is 0.356 e. The van der Waals surface area contributed by atoms with Gasteiger partial charge in [-0.05, 0) is 54.5 Å². The van der Waals surface area contributed by atoms with Crippen molar-refractivity contribution in [2.45, 2.75) is 57.5 Å². The van der Waals surface area contributed by atoms with E-state index in [4.69, 9.17) is 0 Å². The van der Waals surface area contributed by atoms with E-state index in [1.54, 1.807) is 12.1 Å². The Morgan fingerprint density at radius 3 is 2.64 bits per heavy atom. The number of H-pyrrole nitrogens is 1. The van der Waals surface area contributed by atoms with Crippen LogP contribution in [0.15, 0.2) is 48.5 Å². The number of anilines is 1. The van der Waals surface area contributed by atoms with Crippen molar-refractivity contribution < 1.29 is 14.4 Å². The summed E-state index contributed by atoms with van der Waals surface area (Å²) >= 11 is 0. The summed E-state index contributed by atoms with van der Waals surface area (Å²) in [4.78, 5) is 42.9. The third kappa shape index (κ3) is 3.88. The van der Waals surface area contributed by atoms with E-state index in [1.165, 1.54) is 10.9 Å². The zero-order chi connectivity index (χ0) is 23.1. The molecule has 2 heterocycles. The number of amides is 4. The third-order valence-corrected chi connectivity index (χ3v) is 6.68. The van der Waals surface area contributed by atoms with E-state index in [1.807, 2.05) is 30.3 Å². The molecule has 2 unspecified atom stereocenters. The summed E-state index contributed by atoms with van der Waals surface area (Å²) in [7, 11) is 0. The van der Waals surface area contributed by atoms with E-state index in [-0.39, 0.29) is 18.4 Å². The molecule has 33 heavy (non-hydrogen) atoms. The summed E-state index contributed by atoms with van der Waals surface area (Å²) in [6.07, 6.45) is 2.72. The van der Waals surface area contributed by atoms with E-state index in [0.717, 1.165) is 40.9 Å². The van der Waals surface area contributed by atoms with Crippen molar-refractivity contribution in [1.82, 2.24) is 15.6 Å². The van der Waals surface area contributed by atoms with Gasteiger partial charge in [-0.3, -0.25) is 9.59 Å². The topological polar surface area (TPSA) is 94.3 Å². The molecular formula is C26H28N4O3. The molecule has 0 bridgehead atoms. The van der Waals surface area contributed by atoms with Gasteiger partial charge in [0.15, 0.2) is 0 Å². The molecule has 0 saturated carbocycles. The molecule has 1 aromatic heterocycles. The van der Waals surface area contributed by atoms with Crippen LogP contribution in [0, 0.1) is 0 Å². The smallest absolute Gasteiger partial charge is 0.329 e. The summed E-state index contributed by atoms with van der Waals surface area (Å²) < 4.78 is 0. The van der Waals surface area contributed by atoms with Gasteiger partial charge >= 0.3 is 6.03 Å². The van der Waals surface area contributed by atoms with Crippen molar-refractivity contribution >= 4 is 34.4 Å². The minimum atomic E-state index is -0.868. The molecule has 5 rings (SSSR count). The lowest BCUT2D eigenvalue weighted by Crippen LogP contribution is -2.38. The quantitative estimate of drug-likeness (QED) is 0.512. The van der Waals surface area contributed by atoms with Crippen LogP contribution in [0.2, 0.25) is 0 Å². The number of carbonyl (C=O) groups excluding carboxylic acids is 3. The van der Waals surface area contributed by atoms with Crippen LogP contribution in [0.4, 0.5) is 10.5 Å². The number of hydrogen-bond donors (Lipinski definition) is 3. The number of carbonyl (C=O) groups is 3. The highest BCUT2D eigenvalue weighted by atomic mass is 16.2. The number of nitrogens with zero attached hydrogens (tertiary/aromatic N) is 1. The molecule has 4 amide bonds. The Morgan fingerprint density at radius 1 is 1.12 bits per heavy atom. The Balaban J connectivity index is 1.27. The lowest BCUT2D eigenvalue weighted by Gasteiger charge is -2.24. The van der Waals surface area contributed by atoms with Gasteiger partial charge < -0.3 is 15.6 Å². The van der Waals surface area contributed by atoms with Gasteiger partial charge in [0.1, 0.15) is 6.04 Å². The fraction of sp³-hybridized carbons (Fsp3) is 0.346. The molecule has 3 N–H and O–H groups in total. The van der Waals surface area contributed by atoms with Gasteiger partial charge in [0, 0.05) is 16.6 Å². The Kier molecular flexibility index (Phi) is 5.40. The predicted octanol–water partition coefficient (Wildman–Crippen LogP) is 4.30. The summed E-state index contributed by atoms with van der Waals surface area (Å²) in [6, 6.07) is 14.1. The third-order valence-electron chi connectivity index (χ3n) is 6.68. The summed E-state index contributed by atoms with van der Waals surface area (Å²) in [6.45, 7) is 4.17. The number of fused-ring (bicyclic) bond motifs is 3. The second-order valence-corrected chi connectivity index (χ2v) is 9.20. The van der Waals surface area contributed by atoms with E-state index < -0.39 is 18.0 Å². The van der Waals surface area contributed by atoms with Crippen LogP contribution in [0.3, 0.4) is 0 Å². The van der Waals surface area contributed by atoms with Gasteiger partial charge in [-0.15, -0.1) is 0 Å². The molecular weight excluding hydrogens is 416 g/mol. The van der Waals surface area contributed by atoms with Gasteiger partial charge in [-0.1, -0.05) is 44.2 Å². The van der Waals surface area contributed by atoms with Gasteiger partial charge in [0.25, 0.3) is 5.91 Å². The van der Waals surface area contributed by atoms with Crippen molar-refractivity contribution in [3.05, 3.63) is 65.4 Å². The molecule has 7 heteroatoms. The molecule has 3 aromatic rings. The van der Waals surface area contributed by atoms with Crippen LogP contribution < -0.4 is 15.5 Å². The number of hydrogen-bond acceptors (Lipinski definition) is 3. The number of aryl methyl sites for hydroxylation is 1. The molecule has 1 aliphatic carbocycles. The highest BCUT2D eigenvalue weighted by molar-refractivity contribution is 6.22. The number of rotatable bonds is 5. The number of benzene rings is 2. The second kappa shape index (κ2) is 8.39. The van der Waals surface area contributed by atoms with Crippen LogP contribution in [0.25, 0.3) is 10.9 Å².